The number of hydrogen-bond donors (Lipinski definition) is 1. The Balaban J connectivity index is 1.41. The highest BCUT2D eigenvalue weighted by atomic mass is 32.1. The first-order valence-corrected chi connectivity index (χ1v) is 10.1. The van der Waals surface area contributed by atoms with Gasteiger partial charge in [-0.3, -0.25) is 0 Å². The van der Waals surface area contributed by atoms with Gasteiger partial charge < -0.3 is 15.2 Å². The van der Waals surface area contributed by atoms with E-state index in [0.29, 0.717) is 0 Å². The molecule has 0 amide bonds. The number of aromatic nitrogens is 1. The molecule has 1 aromatic carbocycles. The minimum atomic E-state index is -0.315. The van der Waals surface area contributed by atoms with Gasteiger partial charge in [0.2, 0.25) is 0 Å². The van der Waals surface area contributed by atoms with Gasteiger partial charge in [0.15, 0.2) is 5.79 Å². The first kappa shape index (κ1) is 18.5. The van der Waals surface area contributed by atoms with Crippen LogP contribution in [0.4, 0.5) is 0 Å². The zero-order valence-electron chi connectivity index (χ0n) is 14.9. The molecule has 2 aromatic rings. The molecular weight excluding hydrogens is 332 g/mol. The second-order valence-electron chi connectivity index (χ2n) is 6.60. The second-order valence-corrected chi connectivity index (χ2v) is 7.66. The molecule has 2 N–H and O–H groups in total. The van der Waals surface area contributed by atoms with E-state index in [1.807, 2.05) is 24.4 Å². The van der Waals surface area contributed by atoms with Crippen LogP contribution in [-0.4, -0.2) is 24.0 Å². The molecule has 0 spiro atoms. The van der Waals surface area contributed by atoms with Crippen molar-refractivity contribution >= 4 is 11.3 Å². The molecule has 4 nitrogen and oxygen atoms in total. The molecule has 1 aliphatic heterocycles. The number of rotatable bonds is 9. The molecule has 1 aromatic heterocycles. The Hall–Kier alpha value is -1.27. The van der Waals surface area contributed by atoms with Crippen LogP contribution in [0.1, 0.15) is 56.4 Å². The molecule has 136 valence electrons. The predicted molar refractivity (Wildman–Crippen MR) is 102 cm³/mol. The van der Waals surface area contributed by atoms with Gasteiger partial charge in [-0.15, -0.1) is 11.3 Å². The molecule has 5 heteroatoms. The van der Waals surface area contributed by atoms with E-state index in [1.54, 1.807) is 11.3 Å². The van der Waals surface area contributed by atoms with E-state index >= 15 is 0 Å². The van der Waals surface area contributed by atoms with E-state index in [9.17, 15) is 0 Å². The van der Waals surface area contributed by atoms with Gasteiger partial charge in [-0.25, -0.2) is 4.98 Å². The molecule has 0 aliphatic carbocycles. The summed E-state index contributed by atoms with van der Waals surface area (Å²) in [5.41, 5.74) is 7.52. The van der Waals surface area contributed by atoms with Crippen LogP contribution in [0.5, 0.6) is 0 Å². The summed E-state index contributed by atoms with van der Waals surface area (Å²) in [6.07, 6.45) is 8.25. The molecule has 0 bridgehead atoms. The number of ether oxygens (including phenoxy) is 2. The summed E-state index contributed by atoms with van der Waals surface area (Å²) in [5, 5.41) is 1.05. The molecule has 3 rings (SSSR count). The fourth-order valence-electron chi connectivity index (χ4n) is 3.27. The molecule has 0 saturated carbocycles. The van der Waals surface area contributed by atoms with Crippen molar-refractivity contribution in [1.29, 1.82) is 0 Å². The van der Waals surface area contributed by atoms with Crippen molar-refractivity contribution in [1.82, 2.24) is 4.98 Å². The summed E-state index contributed by atoms with van der Waals surface area (Å²) in [4.78, 5) is 5.70. The Kier molecular flexibility index (Phi) is 6.59. The molecule has 1 atom stereocenters. The van der Waals surface area contributed by atoms with Gasteiger partial charge >= 0.3 is 0 Å². The normalized spacial score (nSPS) is 17.7. The lowest BCUT2D eigenvalue weighted by atomic mass is 10.0. The fraction of sp³-hybridized carbons (Fsp3) is 0.550. The number of thiazole rings is 1. The van der Waals surface area contributed by atoms with Gasteiger partial charge in [-0.05, 0) is 19.3 Å². The van der Waals surface area contributed by atoms with Gasteiger partial charge in [0.25, 0.3) is 0 Å². The first-order valence-electron chi connectivity index (χ1n) is 9.27. The van der Waals surface area contributed by atoms with Crippen molar-refractivity contribution in [3.05, 3.63) is 41.4 Å². The number of nitrogens with zero attached hydrogens (tertiary/aromatic N) is 1. The maximum atomic E-state index is 6.36. The Morgan fingerprint density at radius 1 is 1.16 bits per heavy atom. The topological polar surface area (TPSA) is 57.4 Å². The Bertz CT molecular complexity index is 638. The largest absolute Gasteiger partial charge is 0.348 e. The average Bonchev–Trinajstić information content (AvgIpc) is 3.32. The average molecular weight is 361 g/mol. The van der Waals surface area contributed by atoms with E-state index in [0.717, 1.165) is 62.3 Å². The Morgan fingerprint density at radius 2 is 1.92 bits per heavy atom. The molecule has 1 saturated heterocycles. The molecule has 1 unspecified atom stereocenters. The van der Waals surface area contributed by atoms with Crippen LogP contribution in [0, 0.1) is 0 Å². The highest BCUT2D eigenvalue weighted by molar-refractivity contribution is 7.15. The minimum absolute atomic E-state index is 0.0779. The van der Waals surface area contributed by atoms with Crippen molar-refractivity contribution in [3.8, 4) is 10.6 Å². The number of hydrogen-bond acceptors (Lipinski definition) is 5. The molecule has 1 aliphatic rings. The number of unbranched alkanes of at least 4 members (excludes halogenated alkanes) is 2. The third-order valence-corrected chi connectivity index (χ3v) is 6.01. The molecule has 0 radical (unpaired) electrons. The standard InChI is InChI=1S/C20H28N2O2S/c1-2-20(23-13-14-24-20)12-8-4-7-11-17(21)18-15-22-19(25-18)16-9-5-3-6-10-16/h3,5-6,9-10,15,17H,2,4,7-8,11-14,21H2,1H3. The van der Waals surface area contributed by atoms with Crippen LogP contribution < -0.4 is 5.73 Å². The van der Waals surface area contributed by atoms with Gasteiger partial charge in [-0.2, -0.15) is 0 Å². The molecule has 1 fully saturated rings. The molecule has 2 heterocycles. The summed E-state index contributed by atoms with van der Waals surface area (Å²) in [7, 11) is 0. The minimum Gasteiger partial charge on any atom is -0.348 e. The summed E-state index contributed by atoms with van der Waals surface area (Å²) >= 11 is 1.71. The van der Waals surface area contributed by atoms with Crippen molar-refractivity contribution in [2.24, 2.45) is 5.73 Å². The molecular formula is C20H28N2O2S. The van der Waals surface area contributed by atoms with Crippen molar-refractivity contribution in [3.63, 3.8) is 0 Å². The quantitative estimate of drug-likeness (QED) is 0.645. The van der Waals surface area contributed by atoms with E-state index in [1.165, 1.54) is 4.88 Å². The van der Waals surface area contributed by atoms with Gasteiger partial charge in [-0.1, -0.05) is 50.1 Å². The fourth-order valence-corrected chi connectivity index (χ4v) is 4.23. The van der Waals surface area contributed by atoms with Gasteiger partial charge in [0, 0.05) is 29.1 Å². The molecule has 25 heavy (non-hydrogen) atoms. The first-order chi connectivity index (χ1) is 12.2. The number of nitrogens with two attached hydrogens (primary N) is 1. The highest BCUT2D eigenvalue weighted by Gasteiger charge is 2.33. The summed E-state index contributed by atoms with van der Waals surface area (Å²) in [5.74, 6) is -0.315. The van der Waals surface area contributed by atoms with Crippen LogP contribution in [0.15, 0.2) is 36.5 Å². The van der Waals surface area contributed by atoms with Crippen LogP contribution in [0.25, 0.3) is 10.6 Å². The van der Waals surface area contributed by atoms with Crippen LogP contribution in [0.2, 0.25) is 0 Å². The Labute approximate surface area is 154 Å². The maximum Gasteiger partial charge on any atom is 0.168 e. The van der Waals surface area contributed by atoms with Crippen molar-refractivity contribution < 1.29 is 9.47 Å². The van der Waals surface area contributed by atoms with E-state index < -0.39 is 0 Å². The summed E-state index contributed by atoms with van der Waals surface area (Å²) < 4.78 is 11.6. The Morgan fingerprint density at radius 3 is 2.64 bits per heavy atom. The van der Waals surface area contributed by atoms with Crippen molar-refractivity contribution in [2.45, 2.75) is 57.3 Å². The lowest BCUT2D eigenvalue weighted by Crippen LogP contribution is -2.28. The maximum absolute atomic E-state index is 6.36. The summed E-state index contributed by atoms with van der Waals surface area (Å²) in [6.45, 7) is 3.59. The second kappa shape index (κ2) is 8.90. The summed E-state index contributed by atoms with van der Waals surface area (Å²) in [6, 6.07) is 10.4. The third kappa shape index (κ3) is 4.88. The SMILES string of the molecule is CCC1(CCCCCC(N)c2cnc(-c3ccccc3)s2)OCCO1. The smallest absolute Gasteiger partial charge is 0.168 e. The van der Waals surface area contributed by atoms with Gasteiger partial charge in [0.05, 0.1) is 13.2 Å². The zero-order chi connectivity index (χ0) is 17.5. The van der Waals surface area contributed by atoms with Crippen LogP contribution in [0.3, 0.4) is 0 Å². The van der Waals surface area contributed by atoms with Crippen LogP contribution >= 0.6 is 11.3 Å². The highest BCUT2D eigenvalue weighted by Crippen LogP contribution is 2.31. The van der Waals surface area contributed by atoms with Crippen LogP contribution in [-0.2, 0) is 9.47 Å². The third-order valence-electron chi connectivity index (χ3n) is 4.83. The lowest BCUT2D eigenvalue weighted by Gasteiger charge is -2.25. The lowest BCUT2D eigenvalue weighted by molar-refractivity contribution is -0.164. The zero-order valence-corrected chi connectivity index (χ0v) is 15.8. The van der Waals surface area contributed by atoms with E-state index in [-0.39, 0.29) is 11.8 Å². The number of benzene rings is 1. The monoisotopic (exact) mass is 360 g/mol. The van der Waals surface area contributed by atoms with E-state index in [4.69, 9.17) is 15.2 Å². The van der Waals surface area contributed by atoms with Gasteiger partial charge in [0.1, 0.15) is 5.01 Å². The predicted octanol–water partition coefficient (Wildman–Crippen LogP) is 4.91. The van der Waals surface area contributed by atoms with Crippen molar-refractivity contribution in [2.75, 3.05) is 13.2 Å². The van der Waals surface area contributed by atoms with E-state index in [2.05, 4.69) is 24.0 Å².